The van der Waals surface area contributed by atoms with E-state index >= 15 is 0 Å². The van der Waals surface area contributed by atoms with Crippen molar-refractivity contribution in [3.63, 3.8) is 0 Å². The summed E-state index contributed by atoms with van der Waals surface area (Å²) < 4.78 is 10.6. The average Bonchev–Trinajstić information content (AvgIpc) is 2.55. The summed E-state index contributed by atoms with van der Waals surface area (Å²) in [6.45, 7) is 8.66. The molecule has 4 nitrogen and oxygen atoms in total. The topological polar surface area (TPSA) is 55.8 Å². The van der Waals surface area contributed by atoms with Crippen molar-refractivity contribution in [1.82, 2.24) is 0 Å². The van der Waals surface area contributed by atoms with Gasteiger partial charge >= 0.3 is 5.97 Å². The van der Waals surface area contributed by atoms with Crippen LogP contribution in [0.4, 0.5) is 0 Å². The molecule has 0 aromatic heterocycles. The largest absolute Gasteiger partial charge is 0.463 e. The van der Waals surface area contributed by atoms with E-state index in [0.29, 0.717) is 25.4 Å². The highest BCUT2D eigenvalue weighted by molar-refractivity contribution is 5.87. The lowest BCUT2D eigenvalue weighted by Crippen LogP contribution is -2.28. The molecule has 1 rings (SSSR count). The molecule has 0 heterocycles. The molecule has 0 spiro atoms. The van der Waals surface area contributed by atoms with E-state index in [-0.39, 0.29) is 17.8 Å². The van der Waals surface area contributed by atoms with Crippen LogP contribution in [0, 0.1) is 11.8 Å². The smallest absolute Gasteiger partial charge is 0.333 e. The predicted octanol–water partition coefficient (Wildman–Crippen LogP) is 3.35. The second kappa shape index (κ2) is 10.2. The summed E-state index contributed by atoms with van der Waals surface area (Å²) in [5, 5.41) is 10.4. The van der Waals surface area contributed by atoms with Crippen LogP contribution in [-0.2, 0) is 20.9 Å². The number of rotatable bonds is 9. The summed E-state index contributed by atoms with van der Waals surface area (Å²) in [6, 6.07) is 9.93. The molecule has 0 aliphatic carbocycles. The monoisotopic (exact) mass is 320 g/mol. The van der Waals surface area contributed by atoms with Crippen LogP contribution in [0.5, 0.6) is 0 Å². The maximum absolute atomic E-state index is 11.6. The highest BCUT2D eigenvalue weighted by atomic mass is 16.5. The summed E-state index contributed by atoms with van der Waals surface area (Å²) in [5.74, 6) is -0.505. The van der Waals surface area contributed by atoms with Crippen LogP contribution in [0.2, 0.25) is 0 Å². The quantitative estimate of drug-likeness (QED) is 0.560. The fourth-order valence-corrected chi connectivity index (χ4v) is 2.36. The highest BCUT2D eigenvalue weighted by Crippen LogP contribution is 2.17. The Morgan fingerprint density at radius 1 is 1.26 bits per heavy atom. The molecule has 4 heteroatoms. The van der Waals surface area contributed by atoms with Gasteiger partial charge in [-0.25, -0.2) is 4.79 Å². The van der Waals surface area contributed by atoms with Crippen molar-refractivity contribution < 1.29 is 19.4 Å². The zero-order chi connectivity index (χ0) is 17.2. The molecule has 0 aliphatic rings. The van der Waals surface area contributed by atoms with Crippen LogP contribution >= 0.6 is 0 Å². The van der Waals surface area contributed by atoms with Gasteiger partial charge in [0, 0.05) is 17.4 Å². The van der Waals surface area contributed by atoms with E-state index in [1.807, 2.05) is 44.2 Å². The summed E-state index contributed by atoms with van der Waals surface area (Å²) in [5.41, 5.74) is 1.64. The molecular weight excluding hydrogens is 292 g/mol. The van der Waals surface area contributed by atoms with Gasteiger partial charge < -0.3 is 14.6 Å². The minimum absolute atomic E-state index is 0.0278. The number of carbonyl (C=O) groups excluding carboxylic acids is 1. The van der Waals surface area contributed by atoms with E-state index < -0.39 is 6.10 Å². The molecule has 0 bridgehead atoms. The van der Waals surface area contributed by atoms with Gasteiger partial charge in [0.1, 0.15) is 0 Å². The molecule has 0 radical (unpaired) electrons. The lowest BCUT2D eigenvalue weighted by atomic mass is 9.92. The normalized spacial score (nSPS) is 15.8. The molecule has 0 saturated heterocycles. The van der Waals surface area contributed by atoms with Crippen molar-refractivity contribution in [2.45, 2.75) is 40.4 Å². The van der Waals surface area contributed by atoms with E-state index in [4.69, 9.17) is 9.47 Å². The van der Waals surface area contributed by atoms with Gasteiger partial charge in [-0.05, 0) is 19.4 Å². The third-order valence-electron chi connectivity index (χ3n) is 3.72. The lowest BCUT2D eigenvalue weighted by molar-refractivity contribution is -0.138. The van der Waals surface area contributed by atoms with Crippen LogP contribution in [0.1, 0.15) is 33.3 Å². The Hall–Kier alpha value is -1.65. The standard InChI is InChI=1S/C19H28O4/c1-5-23-19(21)15(3)11-14(2)18(20)16(4)12-22-13-17-9-7-6-8-10-17/h6-11,14,16,18,20H,5,12-13H2,1-4H3/b15-11+/t14-,16+,18-/m0/s1. The number of aliphatic hydroxyl groups excluding tert-OH is 1. The van der Waals surface area contributed by atoms with Gasteiger partial charge in [0.25, 0.3) is 0 Å². The zero-order valence-corrected chi connectivity index (χ0v) is 14.5. The maximum atomic E-state index is 11.6. The van der Waals surface area contributed by atoms with Crippen LogP contribution in [0.15, 0.2) is 42.0 Å². The minimum Gasteiger partial charge on any atom is -0.463 e. The number of aliphatic hydroxyl groups is 1. The Labute approximate surface area is 139 Å². The number of benzene rings is 1. The van der Waals surface area contributed by atoms with Crippen molar-refractivity contribution >= 4 is 5.97 Å². The molecule has 1 aromatic carbocycles. The molecule has 23 heavy (non-hydrogen) atoms. The first-order valence-corrected chi connectivity index (χ1v) is 8.11. The number of ether oxygens (including phenoxy) is 2. The third kappa shape index (κ3) is 6.97. The molecule has 0 fully saturated rings. The Morgan fingerprint density at radius 3 is 2.52 bits per heavy atom. The molecule has 0 amide bonds. The molecule has 0 saturated carbocycles. The fraction of sp³-hybridized carbons (Fsp3) is 0.526. The number of esters is 1. The van der Waals surface area contributed by atoms with Gasteiger partial charge in [0.15, 0.2) is 0 Å². The SMILES string of the molecule is CCOC(=O)/C(C)=C/[C@H](C)[C@H](O)[C@H](C)COCc1ccccc1. The van der Waals surface area contributed by atoms with Gasteiger partial charge in [-0.3, -0.25) is 0 Å². The maximum Gasteiger partial charge on any atom is 0.333 e. The van der Waals surface area contributed by atoms with Crippen molar-refractivity contribution in [3.05, 3.63) is 47.5 Å². The highest BCUT2D eigenvalue weighted by Gasteiger charge is 2.21. The first-order valence-electron chi connectivity index (χ1n) is 8.11. The molecule has 0 aliphatic heterocycles. The van der Waals surface area contributed by atoms with E-state index in [0.717, 1.165) is 5.56 Å². The molecular formula is C19H28O4. The Morgan fingerprint density at radius 2 is 1.91 bits per heavy atom. The summed E-state index contributed by atoms with van der Waals surface area (Å²) in [6.07, 6.45) is 1.19. The molecule has 128 valence electrons. The van der Waals surface area contributed by atoms with Crippen molar-refractivity contribution in [2.75, 3.05) is 13.2 Å². The second-order valence-corrected chi connectivity index (χ2v) is 5.90. The third-order valence-corrected chi connectivity index (χ3v) is 3.72. The van der Waals surface area contributed by atoms with Crippen molar-refractivity contribution in [1.29, 1.82) is 0 Å². The predicted molar refractivity (Wildman–Crippen MR) is 90.8 cm³/mol. The Balaban J connectivity index is 2.44. The van der Waals surface area contributed by atoms with E-state index in [2.05, 4.69) is 0 Å². The Kier molecular flexibility index (Phi) is 8.59. The lowest BCUT2D eigenvalue weighted by Gasteiger charge is -2.23. The van der Waals surface area contributed by atoms with Gasteiger partial charge in [-0.15, -0.1) is 0 Å². The zero-order valence-electron chi connectivity index (χ0n) is 14.5. The van der Waals surface area contributed by atoms with Crippen molar-refractivity contribution in [3.8, 4) is 0 Å². The van der Waals surface area contributed by atoms with Crippen LogP contribution < -0.4 is 0 Å². The van der Waals surface area contributed by atoms with Gasteiger partial charge in [-0.2, -0.15) is 0 Å². The second-order valence-electron chi connectivity index (χ2n) is 5.90. The van der Waals surface area contributed by atoms with E-state index in [1.165, 1.54) is 0 Å². The molecule has 0 unspecified atom stereocenters. The summed E-state index contributed by atoms with van der Waals surface area (Å²) in [4.78, 5) is 11.6. The van der Waals surface area contributed by atoms with E-state index in [9.17, 15) is 9.90 Å². The fourth-order valence-electron chi connectivity index (χ4n) is 2.36. The minimum atomic E-state index is -0.574. The van der Waals surface area contributed by atoms with E-state index in [1.54, 1.807) is 19.9 Å². The number of hydrogen-bond donors (Lipinski definition) is 1. The molecule has 3 atom stereocenters. The molecule has 1 N–H and O–H groups in total. The molecule has 1 aromatic rings. The Bertz CT molecular complexity index is 495. The van der Waals surface area contributed by atoms with Crippen molar-refractivity contribution in [2.24, 2.45) is 11.8 Å². The van der Waals surface area contributed by atoms with Gasteiger partial charge in [-0.1, -0.05) is 50.3 Å². The number of carbonyl (C=O) groups is 1. The first kappa shape index (κ1) is 19.4. The summed E-state index contributed by atoms with van der Waals surface area (Å²) in [7, 11) is 0. The first-order chi connectivity index (χ1) is 11.0. The summed E-state index contributed by atoms with van der Waals surface area (Å²) >= 11 is 0. The van der Waals surface area contributed by atoms with Gasteiger partial charge in [0.2, 0.25) is 0 Å². The van der Waals surface area contributed by atoms with Crippen LogP contribution in [0.25, 0.3) is 0 Å². The van der Waals surface area contributed by atoms with Crippen LogP contribution in [-0.4, -0.2) is 30.4 Å². The average molecular weight is 320 g/mol. The van der Waals surface area contributed by atoms with Gasteiger partial charge in [0.05, 0.1) is 25.9 Å². The number of hydrogen-bond acceptors (Lipinski definition) is 4. The van der Waals surface area contributed by atoms with Crippen LogP contribution in [0.3, 0.4) is 0 Å².